The Morgan fingerprint density at radius 3 is 3.06 bits per heavy atom. The van der Waals surface area contributed by atoms with Crippen LogP contribution in [0.5, 0.6) is 0 Å². The minimum absolute atomic E-state index is 0.0350. The predicted octanol–water partition coefficient (Wildman–Crippen LogP) is 0.936. The summed E-state index contributed by atoms with van der Waals surface area (Å²) in [5, 5.41) is 0. The lowest BCUT2D eigenvalue weighted by Gasteiger charge is -2.39. The second kappa shape index (κ2) is 5.45. The van der Waals surface area contributed by atoms with Crippen LogP contribution in [0.4, 0.5) is 0 Å². The fraction of sp³-hybridized carbons (Fsp3) is 1.00. The van der Waals surface area contributed by atoms with Crippen molar-refractivity contribution in [1.29, 1.82) is 0 Å². The largest absolute Gasteiger partial charge is 0.380 e. The third-order valence-electron chi connectivity index (χ3n) is 3.72. The van der Waals surface area contributed by atoms with Crippen molar-refractivity contribution >= 4 is 0 Å². The highest BCUT2D eigenvalue weighted by atomic mass is 16.6. The molecule has 0 amide bonds. The van der Waals surface area contributed by atoms with Gasteiger partial charge in [-0.05, 0) is 25.7 Å². The summed E-state index contributed by atoms with van der Waals surface area (Å²) in [6.07, 6.45) is 3.10. The van der Waals surface area contributed by atoms with Gasteiger partial charge in [-0.15, -0.1) is 0 Å². The molecular formula is C12H23NO3. The molecule has 0 aromatic carbocycles. The van der Waals surface area contributed by atoms with E-state index in [1.807, 2.05) is 6.92 Å². The van der Waals surface area contributed by atoms with Gasteiger partial charge in [-0.25, -0.2) is 0 Å². The van der Waals surface area contributed by atoms with Crippen LogP contribution >= 0.6 is 0 Å². The minimum Gasteiger partial charge on any atom is -0.380 e. The number of nitrogens with two attached hydrogens (primary N) is 1. The van der Waals surface area contributed by atoms with Crippen LogP contribution in [0.1, 0.15) is 26.2 Å². The van der Waals surface area contributed by atoms with E-state index >= 15 is 0 Å². The lowest BCUT2D eigenvalue weighted by Crippen LogP contribution is -2.47. The summed E-state index contributed by atoms with van der Waals surface area (Å²) in [5.74, 6) is 0.516. The molecule has 3 unspecified atom stereocenters. The zero-order chi connectivity index (χ0) is 11.4. The molecule has 2 fully saturated rings. The van der Waals surface area contributed by atoms with E-state index in [0.29, 0.717) is 12.5 Å². The Hall–Kier alpha value is -0.160. The lowest BCUT2D eigenvalue weighted by atomic mass is 9.81. The molecule has 0 aromatic heterocycles. The summed E-state index contributed by atoms with van der Waals surface area (Å²) >= 11 is 0. The third-order valence-corrected chi connectivity index (χ3v) is 3.72. The van der Waals surface area contributed by atoms with Crippen LogP contribution in [0.25, 0.3) is 0 Å². The lowest BCUT2D eigenvalue weighted by molar-refractivity contribution is -0.104. The molecule has 0 aromatic rings. The van der Waals surface area contributed by atoms with Crippen molar-refractivity contribution in [2.75, 3.05) is 33.0 Å². The fourth-order valence-electron chi connectivity index (χ4n) is 2.68. The van der Waals surface area contributed by atoms with Crippen LogP contribution in [0.2, 0.25) is 0 Å². The van der Waals surface area contributed by atoms with Crippen molar-refractivity contribution < 1.29 is 14.2 Å². The van der Waals surface area contributed by atoms with Gasteiger partial charge in [0.15, 0.2) is 0 Å². The van der Waals surface area contributed by atoms with Crippen LogP contribution in [0, 0.1) is 5.92 Å². The molecule has 3 atom stereocenters. The molecule has 0 aliphatic carbocycles. The smallest absolute Gasteiger partial charge is 0.0939 e. The van der Waals surface area contributed by atoms with Gasteiger partial charge in [0, 0.05) is 32.3 Å². The highest BCUT2D eigenvalue weighted by Crippen LogP contribution is 2.36. The van der Waals surface area contributed by atoms with Crippen molar-refractivity contribution in [1.82, 2.24) is 0 Å². The number of rotatable bonds is 4. The van der Waals surface area contributed by atoms with Gasteiger partial charge in [0.2, 0.25) is 0 Å². The van der Waals surface area contributed by atoms with Crippen molar-refractivity contribution in [2.45, 2.75) is 37.8 Å². The van der Waals surface area contributed by atoms with Crippen LogP contribution in [-0.2, 0) is 14.2 Å². The van der Waals surface area contributed by atoms with Gasteiger partial charge in [0.1, 0.15) is 0 Å². The summed E-state index contributed by atoms with van der Waals surface area (Å²) in [6, 6.07) is 0.140. The Bertz CT molecular complexity index is 216. The molecule has 2 aliphatic rings. The SMILES string of the molecule is CCOCC(N)C1CCOC2(CCOC2)C1. The van der Waals surface area contributed by atoms with Gasteiger partial charge in [0.05, 0.1) is 18.8 Å². The average Bonchev–Trinajstić information content (AvgIpc) is 2.74. The molecular weight excluding hydrogens is 206 g/mol. The first-order valence-electron chi connectivity index (χ1n) is 6.31. The standard InChI is InChI=1S/C12H23NO3/c1-2-14-8-11(13)10-3-5-16-12(7-10)4-6-15-9-12/h10-11H,2-9,13H2,1H3. The molecule has 4 heteroatoms. The molecule has 2 saturated heterocycles. The summed E-state index contributed by atoms with van der Waals surface area (Å²) < 4.78 is 16.7. The summed E-state index contributed by atoms with van der Waals surface area (Å²) in [6.45, 7) is 5.79. The first-order chi connectivity index (χ1) is 7.76. The van der Waals surface area contributed by atoms with Crippen molar-refractivity contribution in [2.24, 2.45) is 11.7 Å². The molecule has 16 heavy (non-hydrogen) atoms. The Balaban J connectivity index is 1.85. The first-order valence-corrected chi connectivity index (χ1v) is 6.31. The summed E-state index contributed by atoms with van der Waals surface area (Å²) in [7, 11) is 0. The van der Waals surface area contributed by atoms with Gasteiger partial charge in [-0.3, -0.25) is 0 Å². The maximum absolute atomic E-state index is 6.16. The highest BCUT2D eigenvalue weighted by molar-refractivity contribution is 4.92. The quantitative estimate of drug-likeness (QED) is 0.779. The van der Waals surface area contributed by atoms with E-state index in [9.17, 15) is 0 Å². The molecule has 2 heterocycles. The predicted molar refractivity (Wildman–Crippen MR) is 61.3 cm³/mol. The Morgan fingerprint density at radius 2 is 2.38 bits per heavy atom. The summed E-state index contributed by atoms with van der Waals surface area (Å²) in [5.41, 5.74) is 6.13. The van der Waals surface area contributed by atoms with Gasteiger partial charge in [0.25, 0.3) is 0 Å². The van der Waals surface area contributed by atoms with E-state index in [0.717, 1.165) is 45.7 Å². The molecule has 2 aliphatic heterocycles. The molecule has 1 spiro atoms. The van der Waals surface area contributed by atoms with Crippen LogP contribution in [0.3, 0.4) is 0 Å². The Labute approximate surface area is 97.4 Å². The van der Waals surface area contributed by atoms with E-state index in [1.165, 1.54) is 0 Å². The summed E-state index contributed by atoms with van der Waals surface area (Å²) in [4.78, 5) is 0. The maximum atomic E-state index is 6.16. The first kappa shape index (κ1) is 12.3. The zero-order valence-electron chi connectivity index (χ0n) is 10.1. The zero-order valence-corrected chi connectivity index (χ0v) is 10.1. The van der Waals surface area contributed by atoms with E-state index in [1.54, 1.807) is 0 Å². The molecule has 0 saturated carbocycles. The fourth-order valence-corrected chi connectivity index (χ4v) is 2.68. The van der Waals surface area contributed by atoms with E-state index < -0.39 is 0 Å². The number of ether oxygens (including phenoxy) is 3. The highest BCUT2D eigenvalue weighted by Gasteiger charge is 2.42. The van der Waals surface area contributed by atoms with Gasteiger partial charge < -0.3 is 19.9 Å². The monoisotopic (exact) mass is 229 g/mol. The van der Waals surface area contributed by atoms with Crippen LogP contribution in [-0.4, -0.2) is 44.7 Å². The number of hydrogen-bond acceptors (Lipinski definition) is 4. The second-order valence-corrected chi connectivity index (χ2v) is 4.91. The van der Waals surface area contributed by atoms with Crippen molar-refractivity contribution in [3.8, 4) is 0 Å². The molecule has 94 valence electrons. The van der Waals surface area contributed by atoms with Crippen molar-refractivity contribution in [3.63, 3.8) is 0 Å². The van der Waals surface area contributed by atoms with E-state index in [-0.39, 0.29) is 11.6 Å². The second-order valence-electron chi connectivity index (χ2n) is 4.91. The van der Waals surface area contributed by atoms with E-state index in [2.05, 4.69) is 0 Å². The van der Waals surface area contributed by atoms with Crippen LogP contribution in [0.15, 0.2) is 0 Å². The van der Waals surface area contributed by atoms with Crippen LogP contribution < -0.4 is 5.73 Å². The maximum Gasteiger partial charge on any atom is 0.0939 e. The van der Waals surface area contributed by atoms with Gasteiger partial charge in [-0.1, -0.05) is 0 Å². The van der Waals surface area contributed by atoms with E-state index in [4.69, 9.17) is 19.9 Å². The average molecular weight is 229 g/mol. The topological polar surface area (TPSA) is 53.7 Å². The molecule has 0 radical (unpaired) electrons. The molecule has 2 N–H and O–H groups in total. The van der Waals surface area contributed by atoms with Gasteiger partial charge in [-0.2, -0.15) is 0 Å². The molecule has 0 bridgehead atoms. The minimum atomic E-state index is -0.0350. The molecule has 2 rings (SSSR count). The third kappa shape index (κ3) is 2.74. The van der Waals surface area contributed by atoms with Crippen molar-refractivity contribution in [3.05, 3.63) is 0 Å². The Morgan fingerprint density at radius 1 is 1.50 bits per heavy atom. The van der Waals surface area contributed by atoms with Gasteiger partial charge >= 0.3 is 0 Å². The Kier molecular flexibility index (Phi) is 4.19. The number of hydrogen-bond donors (Lipinski definition) is 1. The normalized spacial score (nSPS) is 36.8. The molecule has 4 nitrogen and oxygen atoms in total.